The number of nitro groups is 1. The van der Waals surface area contributed by atoms with Gasteiger partial charge >= 0.3 is 5.97 Å². The molecule has 2 aromatic rings. The molecule has 1 aliphatic rings. The number of carbonyl (C=O) groups excluding carboxylic acids is 4. The van der Waals surface area contributed by atoms with Crippen molar-refractivity contribution in [2.45, 2.75) is 6.92 Å². The van der Waals surface area contributed by atoms with Gasteiger partial charge in [0.15, 0.2) is 6.61 Å². The zero-order chi connectivity index (χ0) is 21.3. The molecular weight excluding hydrogens is 382 g/mol. The third-order valence-electron chi connectivity index (χ3n) is 4.44. The van der Waals surface area contributed by atoms with Crippen molar-refractivity contribution in [3.63, 3.8) is 0 Å². The third kappa shape index (κ3) is 3.68. The molecule has 1 aliphatic heterocycles. The number of nitrogens with one attached hydrogen (secondary N) is 1. The summed E-state index contributed by atoms with van der Waals surface area (Å²) >= 11 is 0. The normalized spacial score (nSPS) is 12.6. The van der Waals surface area contributed by atoms with Crippen LogP contribution in [0.15, 0.2) is 36.4 Å². The van der Waals surface area contributed by atoms with Gasteiger partial charge in [-0.1, -0.05) is 6.07 Å². The average Bonchev–Trinajstić information content (AvgIpc) is 2.91. The van der Waals surface area contributed by atoms with Crippen LogP contribution < -0.4 is 5.32 Å². The first-order valence-electron chi connectivity index (χ1n) is 8.38. The third-order valence-corrected chi connectivity index (χ3v) is 4.44. The summed E-state index contributed by atoms with van der Waals surface area (Å²) in [5.41, 5.74) is 0.631. The monoisotopic (exact) mass is 397 g/mol. The Bertz CT molecular complexity index is 1080. The Balaban J connectivity index is 1.66. The molecule has 0 aromatic heterocycles. The van der Waals surface area contributed by atoms with Gasteiger partial charge in [-0.25, -0.2) is 4.79 Å². The molecule has 0 radical (unpaired) electrons. The summed E-state index contributed by atoms with van der Waals surface area (Å²) in [5, 5.41) is 13.4. The lowest BCUT2D eigenvalue weighted by atomic mass is 10.1. The fourth-order valence-electron chi connectivity index (χ4n) is 2.85. The van der Waals surface area contributed by atoms with Gasteiger partial charge < -0.3 is 10.1 Å². The first kappa shape index (κ1) is 19.7. The van der Waals surface area contributed by atoms with Gasteiger partial charge in [0.2, 0.25) is 0 Å². The topological polar surface area (TPSA) is 136 Å². The second-order valence-corrected chi connectivity index (χ2v) is 6.26. The molecule has 1 N–H and O–H groups in total. The predicted octanol–water partition coefficient (Wildman–Crippen LogP) is 1.92. The van der Waals surface area contributed by atoms with Crippen molar-refractivity contribution in [1.82, 2.24) is 4.90 Å². The second kappa shape index (κ2) is 7.50. The Hall–Kier alpha value is -4.08. The number of hydrogen-bond donors (Lipinski definition) is 1. The minimum atomic E-state index is -0.853. The van der Waals surface area contributed by atoms with Gasteiger partial charge in [-0.3, -0.25) is 29.4 Å². The van der Waals surface area contributed by atoms with Crippen LogP contribution in [0.1, 0.15) is 36.6 Å². The minimum Gasteiger partial charge on any atom is -0.452 e. The Morgan fingerprint density at radius 3 is 2.52 bits per heavy atom. The van der Waals surface area contributed by atoms with E-state index in [0.29, 0.717) is 0 Å². The van der Waals surface area contributed by atoms with E-state index in [0.717, 1.165) is 4.90 Å². The van der Waals surface area contributed by atoms with Gasteiger partial charge in [0.25, 0.3) is 23.4 Å². The summed E-state index contributed by atoms with van der Waals surface area (Å²) < 4.78 is 4.93. The maximum atomic E-state index is 12.2. The number of esters is 1. The fourth-order valence-corrected chi connectivity index (χ4v) is 2.85. The molecule has 10 nitrogen and oxygen atoms in total. The number of nitrogens with zero attached hydrogens (tertiary/aromatic N) is 2. The van der Waals surface area contributed by atoms with Crippen LogP contribution in [0.3, 0.4) is 0 Å². The van der Waals surface area contributed by atoms with E-state index in [9.17, 15) is 29.3 Å². The lowest BCUT2D eigenvalue weighted by Crippen LogP contribution is -2.24. The maximum absolute atomic E-state index is 12.2. The van der Waals surface area contributed by atoms with Crippen molar-refractivity contribution < 1.29 is 28.8 Å². The zero-order valence-electron chi connectivity index (χ0n) is 15.4. The van der Waals surface area contributed by atoms with E-state index >= 15 is 0 Å². The van der Waals surface area contributed by atoms with Gasteiger partial charge in [0.1, 0.15) is 0 Å². The van der Waals surface area contributed by atoms with Gasteiger partial charge in [0.05, 0.1) is 32.9 Å². The highest BCUT2D eigenvalue weighted by Crippen LogP contribution is 2.25. The molecule has 0 bridgehead atoms. The van der Waals surface area contributed by atoms with E-state index < -0.39 is 35.2 Å². The van der Waals surface area contributed by atoms with E-state index in [1.807, 2.05) is 0 Å². The number of hydrogen-bond acceptors (Lipinski definition) is 7. The summed E-state index contributed by atoms with van der Waals surface area (Å²) in [7, 11) is 1.34. The molecule has 0 saturated carbocycles. The smallest absolute Gasteiger partial charge is 0.338 e. The molecule has 1 heterocycles. The number of imide groups is 1. The van der Waals surface area contributed by atoms with Crippen molar-refractivity contribution in [1.29, 1.82) is 0 Å². The molecule has 3 amide bonds. The van der Waals surface area contributed by atoms with E-state index in [2.05, 4.69) is 5.32 Å². The number of rotatable bonds is 5. The highest BCUT2D eigenvalue weighted by Gasteiger charge is 2.33. The van der Waals surface area contributed by atoms with Crippen molar-refractivity contribution in [3.8, 4) is 0 Å². The van der Waals surface area contributed by atoms with E-state index in [-0.39, 0.29) is 33.6 Å². The Morgan fingerprint density at radius 2 is 1.83 bits per heavy atom. The van der Waals surface area contributed by atoms with Gasteiger partial charge in [0, 0.05) is 13.1 Å². The van der Waals surface area contributed by atoms with Gasteiger partial charge in [-0.05, 0) is 31.2 Å². The lowest BCUT2D eigenvalue weighted by molar-refractivity contribution is -0.385. The summed E-state index contributed by atoms with van der Waals surface area (Å²) in [4.78, 5) is 59.4. The highest BCUT2D eigenvalue weighted by molar-refractivity contribution is 6.21. The van der Waals surface area contributed by atoms with Crippen LogP contribution in [-0.2, 0) is 9.53 Å². The molecule has 0 aliphatic carbocycles. The summed E-state index contributed by atoms with van der Waals surface area (Å²) in [5.74, 6) is -2.53. The summed E-state index contributed by atoms with van der Waals surface area (Å²) in [6.45, 7) is 0.852. The van der Waals surface area contributed by atoms with Crippen LogP contribution >= 0.6 is 0 Å². The molecular formula is C19H15N3O7. The zero-order valence-corrected chi connectivity index (χ0v) is 15.4. The average molecular weight is 397 g/mol. The summed E-state index contributed by atoms with van der Waals surface area (Å²) in [6, 6.07) is 8.14. The Morgan fingerprint density at radius 1 is 1.14 bits per heavy atom. The van der Waals surface area contributed by atoms with Crippen molar-refractivity contribution in [2.24, 2.45) is 0 Å². The van der Waals surface area contributed by atoms with Crippen LogP contribution in [0.5, 0.6) is 0 Å². The van der Waals surface area contributed by atoms with E-state index in [4.69, 9.17) is 4.74 Å². The van der Waals surface area contributed by atoms with Gasteiger partial charge in [-0.2, -0.15) is 0 Å². The fraction of sp³-hybridized carbons (Fsp3) is 0.158. The Labute approximate surface area is 164 Å². The predicted molar refractivity (Wildman–Crippen MR) is 99.6 cm³/mol. The molecule has 2 aromatic carbocycles. The SMILES string of the molecule is Cc1c(NC(=O)COC(=O)c2ccc3c(c2)C(=O)N(C)C3=O)cccc1[N+](=O)[O-]. The van der Waals surface area contributed by atoms with Crippen molar-refractivity contribution in [3.05, 3.63) is 68.8 Å². The number of anilines is 1. The second-order valence-electron chi connectivity index (χ2n) is 6.26. The molecule has 0 saturated heterocycles. The molecule has 0 unspecified atom stereocenters. The number of nitro benzene ring substituents is 1. The number of benzene rings is 2. The summed E-state index contributed by atoms with van der Waals surface area (Å²) in [6.07, 6.45) is 0. The number of amides is 3. The van der Waals surface area contributed by atoms with Crippen LogP contribution in [0.25, 0.3) is 0 Å². The highest BCUT2D eigenvalue weighted by atomic mass is 16.6. The van der Waals surface area contributed by atoms with Crippen LogP contribution in [-0.4, -0.2) is 47.2 Å². The number of ether oxygens (including phenoxy) is 1. The molecule has 3 rings (SSSR count). The van der Waals surface area contributed by atoms with Crippen molar-refractivity contribution >= 4 is 35.1 Å². The van der Waals surface area contributed by atoms with Crippen LogP contribution in [0.2, 0.25) is 0 Å². The molecule has 148 valence electrons. The molecule has 0 atom stereocenters. The van der Waals surface area contributed by atoms with Crippen LogP contribution in [0, 0.1) is 17.0 Å². The Kier molecular flexibility index (Phi) is 5.09. The quantitative estimate of drug-likeness (QED) is 0.352. The largest absolute Gasteiger partial charge is 0.452 e. The lowest BCUT2D eigenvalue weighted by Gasteiger charge is -2.09. The number of fused-ring (bicyclic) bond motifs is 1. The maximum Gasteiger partial charge on any atom is 0.338 e. The first-order valence-corrected chi connectivity index (χ1v) is 8.38. The van der Waals surface area contributed by atoms with Crippen LogP contribution in [0.4, 0.5) is 11.4 Å². The molecule has 29 heavy (non-hydrogen) atoms. The van der Waals surface area contributed by atoms with Gasteiger partial charge in [-0.15, -0.1) is 0 Å². The van der Waals surface area contributed by atoms with E-state index in [1.165, 1.54) is 50.4 Å². The molecule has 0 spiro atoms. The standard InChI is InChI=1S/C19H15N3O7/c1-10-14(4-3-5-15(10)22(27)28)20-16(23)9-29-19(26)11-6-7-12-13(8-11)18(25)21(2)17(12)24/h3-8H,9H2,1-2H3,(H,20,23). The van der Waals surface area contributed by atoms with Crippen molar-refractivity contribution in [2.75, 3.05) is 19.0 Å². The van der Waals surface area contributed by atoms with E-state index in [1.54, 1.807) is 0 Å². The first-order chi connectivity index (χ1) is 13.7. The molecule has 0 fully saturated rings. The molecule has 10 heteroatoms. The number of carbonyl (C=O) groups is 4. The minimum absolute atomic E-state index is 0.0135.